The molecule has 2 aromatic carbocycles. The Morgan fingerprint density at radius 2 is 1.93 bits per heavy atom. The summed E-state index contributed by atoms with van der Waals surface area (Å²) >= 11 is 0. The van der Waals surface area contributed by atoms with Crippen LogP contribution in [-0.2, 0) is 6.54 Å². The topological polar surface area (TPSA) is 58.1 Å². The molecule has 6 nitrogen and oxygen atoms in total. The molecule has 1 unspecified atom stereocenters. The van der Waals surface area contributed by atoms with Gasteiger partial charge in [0.1, 0.15) is 5.75 Å². The largest absolute Gasteiger partial charge is 0.495 e. The van der Waals surface area contributed by atoms with Gasteiger partial charge < -0.3 is 25.0 Å². The minimum absolute atomic E-state index is 0. The number of nitrogens with zero attached hydrogens (tertiary/aromatic N) is 2. The van der Waals surface area contributed by atoms with Crippen LogP contribution in [0.1, 0.15) is 12.0 Å². The third-order valence-electron chi connectivity index (χ3n) is 4.85. The standard InChI is InChI=1S/C21H27FN4O2.HI/c1-23-21(24-13-15-8-9-19(27-2)17(22)12-15)25-16-10-11-26(14-16)18-6-4-5-7-20(18)28-3;/h4-9,12,16H,10-11,13-14H2,1-3H3,(H2,23,24,25);1H. The molecule has 2 aromatic rings. The van der Waals surface area contributed by atoms with Gasteiger partial charge in [0.2, 0.25) is 0 Å². The molecule has 1 saturated heterocycles. The highest BCUT2D eigenvalue weighted by Gasteiger charge is 2.25. The fourth-order valence-corrected chi connectivity index (χ4v) is 3.38. The van der Waals surface area contributed by atoms with Crippen LogP contribution in [0, 0.1) is 5.82 Å². The van der Waals surface area contributed by atoms with Gasteiger partial charge in [-0.15, -0.1) is 24.0 Å². The number of hydrogen-bond acceptors (Lipinski definition) is 4. The first-order valence-electron chi connectivity index (χ1n) is 9.32. The average molecular weight is 514 g/mol. The summed E-state index contributed by atoms with van der Waals surface area (Å²) in [7, 11) is 4.88. The maximum absolute atomic E-state index is 13.8. The van der Waals surface area contributed by atoms with Gasteiger partial charge in [-0.1, -0.05) is 18.2 Å². The van der Waals surface area contributed by atoms with Gasteiger partial charge in [0.05, 0.1) is 19.9 Å². The molecular formula is C21H28FIN4O2. The first kappa shape index (κ1) is 23.1. The normalized spacial score (nSPS) is 16.2. The molecule has 0 amide bonds. The first-order chi connectivity index (χ1) is 13.6. The number of benzene rings is 2. The second-order valence-corrected chi connectivity index (χ2v) is 6.64. The lowest BCUT2D eigenvalue weighted by Gasteiger charge is -2.22. The minimum atomic E-state index is -0.368. The summed E-state index contributed by atoms with van der Waals surface area (Å²) < 4.78 is 24.3. The summed E-state index contributed by atoms with van der Waals surface area (Å²) in [5.41, 5.74) is 1.93. The van der Waals surface area contributed by atoms with E-state index in [4.69, 9.17) is 9.47 Å². The van der Waals surface area contributed by atoms with Crippen molar-refractivity contribution in [1.29, 1.82) is 0 Å². The number of guanidine groups is 1. The summed E-state index contributed by atoms with van der Waals surface area (Å²) in [6.45, 7) is 2.28. The molecule has 0 spiro atoms. The summed E-state index contributed by atoms with van der Waals surface area (Å²) in [4.78, 5) is 6.60. The van der Waals surface area contributed by atoms with Crippen LogP contribution < -0.4 is 25.0 Å². The van der Waals surface area contributed by atoms with Crippen LogP contribution in [0.3, 0.4) is 0 Å². The number of methoxy groups -OCH3 is 2. The fraction of sp³-hybridized carbons (Fsp3) is 0.381. The van der Waals surface area contributed by atoms with E-state index in [0.717, 1.165) is 36.5 Å². The molecule has 1 atom stereocenters. The zero-order valence-corrected chi connectivity index (χ0v) is 19.3. The molecule has 1 fully saturated rings. The van der Waals surface area contributed by atoms with E-state index in [1.165, 1.54) is 13.2 Å². The summed E-state index contributed by atoms with van der Waals surface area (Å²) in [6.07, 6.45) is 0.996. The highest BCUT2D eigenvalue weighted by molar-refractivity contribution is 14.0. The SMILES string of the molecule is CN=C(NCc1ccc(OC)c(F)c1)NC1CCN(c2ccccc2OC)C1.I. The van der Waals surface area contributed by atoms with E-state index < -0.39 is 0 Å². The third kappa shape index (κ3) is 5.88. The van der Waals surface area contributed by atoms with Crippen molar-refractivity contribution in [2.45, 2.75) is 19.0 Å². The van der Waals surface area contributed by atoms with Gasteiger partial charge in [-0.25, -0.2) is 4.39 Å². The number of rotatable bonds is 6. The smallest absolute Gasteiger partial charge is 0.191 e. The Labute approximate surface area is 188 Å². The van der Waals surface area contributed by atoms with Crippen molar-refractivity contribution in [3.05, 3.63) is 53.8 Å². The summed E-state index contributed by atoms with van der Waals surface area (Å²) in [5, 5.41) is 6.69. The highest BCUT2D eigenvalue weighted by Crippen LogP contribution is 2.30. The van der Waals surface area contributed by atoms with Crippen molar-refractivity contribution >= 4 is 35.6 Å². The number of para-hydroxylation sites is 2. The van der Waals surface area contributed by atoms with E-state index in [9.17, 15) is 4.39 Å². The van der Waals surface area contributed by atoms with Crippen LogP contribution in [0.2, 0.25) is 0 Å². The predicted octanol–water partition coefficient (Wildman–Crippen LogP) is 3.40. The molecule has 0 aliphatic carbocycles. The Hall–Kier alpha value is -2.23. The highest BCUT2D eigenvalue weighted by atomic mass is 127. The van der Waals surface area contributed by atoms with Crippen LogP contribution in [0.25, 0.3) is 0 Å². The molecule has 29 heavy (non-hydrogen) atoms. The van der Waals surface area contributed by atoms with Gasteiger partial charge in [-0.05, 0) is 36.2 Å². The van der Waals surface area contributed by atoms with Crippen LogP contribution in [0.4, 0.5) is 10.1 Å². The lowest BCUT2D eigenvalue weighted by atomic mass is 10.2. The molecule has 0 saturated carbocycles. The van der Waals surface area contributed by atoms with Crippen molar-refractivity contribution in [2.24, 2.45) is 4.99 Å². The van der Waals surface area contributed by atoms with Crippen molar-refractivity contribution in [1.82, 2.24) is 10.6 Å². The monoisotopic (exact) mass is 514 g/mol. The average Bonchev–Trinajstić information content (AvgIpc) is 3.19. The van der Waals surface area contributed by atoms with Crippen LogP contribution in [0.15, 0.2) is 47.5 Å². The van der Waals surface area contributed by atoms with E-state index in [1.807, 2.05) is 24.3 Å². The molecule has 2 N–H and O–H groups in total. The second kappa shape index (κ2) is 11.1. The molecule has 1 heterocycles. The van der Waals surface area contributed by atoms with Gasteiger partial charge >= 0.3 is 0 Å². The zero-order chi connectivity index (χ0) is 19.9. The lowest BCUT2D eigenvalue weighted by molar-refractivity contribution is 0.386. The van der Waals surface area contributed by atoms with Gasteiger partial charge in [0, 0.05) is 32.7 Å². The van der Waals surface area contributed by atoms with Crippen LogP contribution in [-0.4, -0.2) is 46.4 Å². The molecule has 0 radical (unpaired) electrons. The van der Waals surface area contributed by atoms with Crippen molar-refractivity contribution in [3.63, 3.8) is 0 Å². The molecule has 1 aliphatic rings. The van der Waals surface area contributed by atoms with Crippen molar-refractivity contribution < 1.29 is 13.9 Å². The molecule has 158 valence electrons. The maximum Gasteiger partial charge on any atom is 0.191 e. The van der Waals surface area contributed by atoms with Crippen molar-refractivity contribution in [3.8, 4) is 11.5 Å². The predicted molar refractivity (Wildman–Crippen MR) is 125 cm³/mol. The summed E-state index contributed by atoms with van der Waals surface area (Å²) in [5.74, 6) is 1.46. The zero-order valence-electron chi connectivity index (χ0n) is 16.9. The van der Waals surface area contributed by atoms with E-state index in [1.54, 1.807) is 20.2 Å². The molecule has 1 aliphatic heterocycles. The van der Waals surface area contributed by atoms with Crippen LogP contribution in [0.5, 0.6) is 11.5 Å². The Balaban J connectivity index is 0.00000300. The van der Waals surface area contributed by atoms with E-state index in [2.05, 4.69) is 26.6 Å². The fourth-order valence-electron chi connectivity index (χ4n) is 3.38. The minimum Gasteiger partial charge on any atom is -0.495 e. The van der Waals surface area contributed by atoms with E-state index in [0.29, 0.717) is 12.5 Å². The molecular weight excluding hydrogens is 486 g/mol. The molecule has 8 heteroatoms. The van der Waals surface area contributed by atoms with Crippen LogP contribution >= 0.6 is 24.0 Å². The number of nitrogens with one attached hydrogen (secondary N) is 2. The number of hydrogen-bond donors (Lipinski definition) is 2. The van der Waals surface area contributed by atoms with Gasteiger partial charge in [0.15, 0.2) is 17.5 Å². The molecule has 3 rings (SSSR count). The van der Waals surface area contributed by atoms with Gasteiger partial charge in [0.25, 0.3) is 0 Å². The number of aliphatic imine (C=N–C) groups is 1. The maximum atomic E-state index is 13.8. The Bertz CT molecular complexity index is 834. The van der Waals surface area contributed by atoms with E-state index >= 15 is 0 Å². The quantitative estimate of drug-likeness (QED) is 0.352. The third-order valence-corrected chi connectivity index (χ3v) is 4.85. The Morgan fingerprint density at radius 1 is 1.17 bits per heavy atom. The Morgan fingerprint density at radius 3 is 2.62 bits per heavy atom. The number of anilines is 1. The second-order valence-electron chi connectivity index (χ2n) is 6.64. The molecule has 0 bridgehead atoms. The van der Waals surface area contributed by atoms with Gasteiger partial charge in [-0.3, -0.25) is 4.99 Å². The molecule has 0 aromatic heterocycles. The van der Waals surface area contributed by atoms with Gasteiger partial charge in [-0.2, -0.15) is 0 Å². The Kier molecular flexibility index (Phi) is 8.81. The van der Waals surface area contributed by atoms with E-state index in [-0.39, 0.29) is 41.6 Å². The summed E-state index contributed by atoms with van der Waals surface area (Å²) in [6, 6.07) is 13.2. The lowest BCUT2D eigenvalue weighted by Crippen LogP contribution is -2.44. The first-order valence-corrected chi connectivity index (χ1v) is 9.32. The van der Waals surface area contributed by atoms with Crippen molar-refractivity contribution in [2.75, 3.05) is 39.3 Å². The number of halogens is 2. The number of ether oxygens (including phenoxy) is 2.